The number of piperidine rings is 2. The van der Waals surface area contributed by atoms with E-state index in [1.807, 2.05) is 13.8 Å². The first-order valence-corrected chi connectivity index (χ1v) is 9.56. The van der Waals surface area contributed by atoms with Crippen LogP contribution in [-0.2, 0) is 4.79 Å². The largest absolute Gasteiger partial charge is 0.303 e. The van der Waals surface area contributed by atoms with Crippen LogP contribution in [0.1, 0.15) is 59.3 Å². The average molecular weight is 309 g/mol. The van der Waals surface area contributed by atoms with E-state index < -0.39 is 0 Å². The molecule has 0 saturated carbocycles. The van der Waals surface area contributed by atoms with Crippen molar-refractivity contribution in [2.75, 3.05) is 39.3 Å². The van der Waals surface area contributed by atoms with Crippen LogP contribution in [0.2, 0.25) is 0 Å². The Balaban J connectivity index is 1.63. The van der Waals surface area contributed by atoms with E-state index in [1.54, 1.807) is 0 Å². The summed E-state index contributed by atoms with van der Waals surface area (Å²) >= 11 is 0. The Kier molecular flexibility index (Phi) is 7.36. The van der Waals surface area contributed by atoms with Crippen molar-refractivity contribution in [3.63, 3.8) is 0 Å². The third-order valence-electron chi connectivity index (χ3n) is 5.64. The molecule has 3 nitrogen and oxygen atoms in total. The molecule has 2 fully saturated rings. The number of likely N-dealkylation sites (tertiary alicyclic amines) is 2. The quantitative estimate of drug-likeness (QED) is 0.720. The Bertz CT molecular complexity index is 326. The highest BCUT2D eigenvalue weighted by Crippen LogP contribution is 2.30. The Morgan fingerprint density at radius 3 is 1.91 bits per heavy atom. The zero-order valence-corrected chi connectivity index (χ0v) is 15.0. The molecule has 0 amide bonds. The molecular weight excluding hydrogens is 272 g/mol. The maximum absolute atomic E-state index is 11.8. The normalized spacial score (nSPS) is 23.3. The number of hydrogen-bond donors (Lipinski definition) is 0. The van der Waals surface area contributed by atoms with Gasteiger partial charge in [0.15, 0.2) is 0 Å². The SMILES string of the molecule is CCCN1CCC(CC2CCN(CC(=O)C(C)C)CC2)CC1. The number of ketones is 1. The fourth-order valence-electron chi connectivity index (χ4n) is 4.02. The summed E-state index contributed by atoms with van der Waals surface area (Å²) in [6, 6.07) is 0. The lowest BCUT2D eigenvalue weighted by atomic mass is 9.82. The van der Waals surface area contributed by atoms with Crippen molar-refractivity contribution in [2.45, 2.75) is 59.3 Å². The summed E-state index contributed by atoms with van der Waals surface area (Å²) in [6.45, 7) is 13.2. The summed E-state index contributed by atoms with van der Waals surface area (Å²) in [5.74, 6) is 2.46. The zero-order valence-electron chi connectivity index (χ0n) is 15.0. The molecular formula is C19H36N2O. The highest BCUT2D eigenvalue weighted by atomic mass is 16.1. The van der Waals surface area contributed by atoms with Crippen LogP contribution in [0.4, 0.5) is 0 Å². The highest BCUT2D eigenvalue weighted by molar-refractivity contribution is 5.82. The molecule has 3 heteroatoms. The third kappa shape index (κ3) is 5.66. The molecule has 0 spiro atoms. The van der Waals surface area contributed by atoms with Crippen molar-refractivity contribution in [3.8, 4) is 0 Å². The number of Topliss-reactive ketones (excluding diaryl/α,β-unsaturated/α-hetero) is 1. The number of rotatable bonds is 7. The molecule has 2 heterocycles. The number of nitrogens with zero attached hydrogens (tertiary/aromatic N) is 2. The van der Waals surface area contributed by atoms with Crippen molar-refractivity contribution in [1.82, 2.24) is 9.80 Å². The van der Waals surface area contributed by atoms with Gasteiger partial charge in [-0.2, -0.15) is 0 Å². The molecule has 128 valence electrons. The van der Waals surface area contributed by atoms with E-state index in [4.69, 9.17) is 0 Å². The standard InChI is InChI=1S/C19H36N2O/c1-4-9-20-10-5-17(6-11-20)14-18-7-12-21(13-8-18)15-19(22)16(2)3/h16-18H,4-15H2,1-3H3. The predicted molar refractivity (Wildman–Crippen MR) is 93.1 cm³/mol. The van der Waals surface area contributed by atoms with Crippen LogP contribution in [-0.4, -0.2) is 54.9 Å². The second-order valence-electron chi connectivity index (χ2n) is 7.86. The molecule has 2 aliphatic heterocycles. The first kappa shape index (κ1) is 17.9. The summed E-state index contributed by atoms with van der Waals surface area (Å²) < 4.78 is 0. The molecule has 0 aromatic rings. The monoisotopic (exact) mass is 308 g/mol. The van der Waals surface area contributed by atoms with Crippen molar-refractivity contribution in [2.24, 2.45) is 17.8 Å². The van der Waals surface area contributed by atoms with Crippen LogP contribution in [0.25, 0.3) is 0 Å². The maximum atomic E-state index is 11.8. The van der Waals surface area contributed by atoms with Crippen LogP contribution in [0, 0.1) is 17.8 Å². The second-order valence-corrected chi connectivity index (χ2v) is 7.86. The second kappa shape index (κ2) is 9.02. The van der Waals surface area contributed by atoms with Gasteiger partial charge in [0.1, 0.15) is 5.78 Å². The molecule has 0 bridgehead atoms. The van der Waals surface area contributed by atoms with E-state index in [0.29, 0.717) is 12.3 Å². The van der Waals surface area contributed by atoms with Crippen LogP contribution in [0.5, 0.6) is 0 Å². The van der Waals surface area contributed by atoms with E-state index in [2.05, 4.69) is 16.7 Å². The fourth-order valence-corrected chi connectivity index (χ4v) is 4.02. The van der Waals surface area contributed by atoms with E-state index in [-0.39, 0.29) is 5.92 Å². The molecule has 0 N–H and O–H groups in total. The summed E-state index contributed by atoms with van der Waals surface area (Å²) in [5.41, 5.74) is 0. The fraction of sp³-hybridized carbons (Fsp3) is 0.947. The number of carbonyl (C=O) groups excluding carboxylic acids is 1. The van der Waals surface area contributed by atoms with E-state index in [1.165, 1.54) is 58.2 Å². The Hall–Kier alpha value is -0.410. The molecule has 0 aromatic heterocycles. The lowest BCUT2D eigenvalue weighted by molar-refractivity contribution is -0.123. The number of carbonyl (C=O) groups is 1. The van der Waals surface area contributed by atoms with Crippen LogP contribution in [0.3, 0.4) is 0 Å². The number of hydrogen-bond acceptors (Lipinski definition) is 3. The minimum atomic E-state index is 0.186. The van der Waals surface area contributed by atoms with Gasteiger partial charge in [-0.1, -0.05) is 20.8 Å². The van der Waals surface area contributed by atoms with E-state index in [9.17, 15) is 4.79 Å². The molecule has 2 rings (SSSR count). The van der Waals surface area contributed by atoms with Gasteiger partial charge in [-0.25, -0.2) is 0 Å². The minimum absolute atomic E-state index is 0.186. The Morgan fingerprint density at radius 1 is 0.955 bits per heavy atom. The van der Waals surface area contributed by atoms with Gasteiger partial charge in [0, 0.05) is 5.92 Å². The van der Waals surface area contributed by atoms with Gasteiger partial charge >= 0.3 is 0 Å². The van der Waals surface area contributed by atoms with Gasteiger partial charge < -0.3 is 4.90 Å². The Labute approximate surface area is 137 Å². The first-order chi connectivity index (χ1) is 10.6. The predicted octanol–water partition coefficient (Wildman–Crippen LogP) is 3.44. The van der Waals surface area contributed by atoms with Crippen LogP contribution < -0.4 is 0 Å². The van der Waals surface area contributed by atoms with E-state index in [0.717, 1.165) is 24.9 Å². The lowest BCUT2D eigenvalue weighted by Gasteiger charge is -2.36. The van der Waals surface area contributed by atoms with E-state index >= 15 is 0 Å². The summed E-state index contributed by atoms with van der Waals surface area (Å²) in [4.78, 5) is 16.9. The van der Waals surface area contributed by atoms with Crippen molar-refractivity contribution in [3.05, 3.63) is 0 Å². The smallest absolute Gasteiger partial charge is 0.149 e. The third-order valence-corrected chi connectivity index (χ3v) is 5.64. The summed E-state index contributed by atoms with van der Waals surface area (Å²) in [5, 5.41) is 0. The van der Waals surface area contributed by atoms with Crippen LogP contribution in [0.15, 0.2) is 0 Å². The first-order valence-electron chi connectivity index (χ1n) is 9.56. The molecule has 2 aliphatic rings. The van der Waals surface area contributed by atoms with Gasteiger partial charge in [0.05, 0.1) is 6.54 Å². The highest BCUT2D eigenvalue weighted by Gasteiger charge is 2.26. The lowest BCUT2D eigenvalue weighted by Crippen LogP contribution is -2.39. The maximum Gasteiger partial charge on any atom is 0.149 e. The molecule has 0 radical (unpaired) electrons. The minimum Gasteiger partial charge on any atom is -0.303 e. The molecule has 0 aromatic carbocycles. The molecule has 22 heavy (non-hydrogen) atoms. The van der Waals surface area contributed by atoms with Gasteiger partial charge in [-0.15, -0.1) is 0 Å². The van der Waals surface area contributed by atoms with Crippen molar-refractivity contribution >= 4 is 5.78 Å². The zero-order chi connectivity index (χ0) is 15.9. The average Bonchev–Trinajstić information content (AvgIpc) is 2.51. The van der Waals surface area contributed by atoms with Gasteiger partial charge in [0.2, 0.25) is 0 Å². The summed E-state index contributed by atoms with van der Waals surface area (Å²) in [7, 11) is 0. The van der Waals surface area contributed by atoms with Crippen molar-refractivity contribution < 1.29 is 4.79 Å². The molecule has 0 aliphatic carbocycles. The van der Waals surface area contributed by atoms with Gasteiger partial charge in [0.25, 0.3) is 0 Å². The topological polar surface area (TPSA) is 23.6 Å². The van der Waals surface area contributed by atoms with Crippen molar-refractivity contribution in [1.29, 1.82) is 0 Å². The van der Waals surface area contributed by atoms with Gasteiger partial charge in [-0.3, -0.25) is 9.69 Å². The molecule has 2 saturated heterocycles. The Morgan fingerprint density at radius 2 is 1.45 bits per heavy atom. The van der Waals surface area contributed by atoms with Crippen LogP contribution >= 0.6 is 0 Å². The summed E-state index contributed by atoms with van der Waals surface area (Å²) in [6.07, 6.45) is 8.16. The molecule has 0 unspecified atom stereocenters. The molecule has 0 atom stereocenters. The van der Waals surface area contributed by atoms with Gasteiger partial charge in [-0.05, 0) is 83.1 Å².